The molecule has 0 aromatic heterocycles. The highest BCUT2D eigenvalue weighted by Crippen LogP contribution is 2.06. The van der Waals surface area contributed by atoms with E-state index < -0.39 is 0 Å². The van der Waals surface area contributed by atoms with E-state index in [2.05, 4.69) is 0 Å². The predicted octanol–water partition coefficient (Wildman–Crippen LogP) is 2.92. The van der Waals surface area contributed by atoms with Crippen LogP contribution in [0.15, 0.2) is 42.7 Å². The van der Waals surface area contributed by atoms with Gasteiger partial charge in [0, 0.05) is 7.11 Å². The Labute approximate surface area is 84.1 Å². The molecule has 0 radical (unpaired) electrons. The van der Waals surface area contributed by atoms with E-state index in [1.165, 1.54) is 0 Å². The van der Waals surface area contributed by atoms with Gasteiger partial charge in [0.25, 0.3) is 0 Å². The number of methoxy groups -OCH3 is 1. The number of aliphatic hydroxyl groups excluding tert-OH is 1. The Hall–Kier alpha value is -1.54. The Kier molecular flexibility index (Phi) is 4.51. The van der Waals surface area contributed by atoms with Crippen LogP contribution in [0.3, 0.4) is 0 Å². The molecule has 1 N–H and O–H groups in total. The van der Waals surface area contributed by atoms with Gasteiger partial charge in [-0.25, -0.2) is 0 Å². The van der Waals surface area contributed by atoms with Gasteiger partial charge in [0.15, 0.2) is 0 Å². The number of allylic oxidation sites excluding steroid dienone is 2. The first-order chi connectivity index (χ1) is 6.86. The summed E-state index contributed by atoms with van der Waals surface area (Å²) in [5, 5.41) is 8.41. The van der Waals surface area contributed by atoms with Gasteiger partial charge < -0.3 is 9.84 Å². The van der Waals surface area contributed by atoms with E-state index in [0.717, 1.165) is 17.4 Å². The topological polar surface area (TPSA) is 29.5 Å². The summed E-state index contributed by atoms with van der Waals surface area (Å²) < 4.78 is 5.00. The van der Waals surface area contributed by atoms with Crippen molar-refractivity contribution in [2.24, 2.45) is 0 Å². The molecule has 0 bridgehead atoms. The molecule has 0 heterocycles. The second kappa shape index (κ2) is 6.00. The third kappa shape index (κ3) is 3.46. The van der Waals surface area contributed by atoms with Crippen LogP contribution in [0.2, 0.25) is 0 Å². The first-order valence-electron chi connectivity index (χ1n) is 4.42. The van der Waals surface area contributed by atoms with Gasteiger partial charge in [-0.05, 0) is 17.2 Å². The maximum atomic E-state index is 8.41. The summed E-state index contributed by atoms with van der Waals surface area (Å²) in [5.41, 5.74) is 2.25. The molecule has 0 amide bonds. The van der Waals surface area contributed by atoms with Crippen molar-refractivity contribution in [2.75, 3.05) is 7.11 Å². The van der Waals surface area contributed by atoms with Gasteiger partial charge in [-0.3, -0.25) is 0 Å². The molecule has 14 heavy (non-hydrogen) atoms. The zero-order valence-corrected chi connectivity index (χ0v) is 8.18. The Morgan fingerprint density at radius 3 is 2.50 bits per heavy atom. The van der Waals surface area contributed by atoms with Crippen molar-refractivity contribution < 1.29 is 9.84 Å². The standard InChI is InChI=1S/C12H14O2/c1-14-10-12-7-5-11(6-8-12)4-2-3-9-13/h2-9,13H,10H2,1H3/b4-2+,9-3-. The van der Waals surface area contributed by atoms with E-state index in [1.807, 2.05) is 30.3 Å². The van der Waals surface area contributed by atoms with Crippen molar-refractivity contribution in [3.8, 4) is 0 Å². The molecule has 0 spiro atoms. The largest absolute Gasteiger partial charge is 0.516 e. The van der Waals surface area contributed by atoms with Gasteiger partial charge in [0.05, 0.1) is 12.9 Å². The second-order valence-corrected chi connectivity index (χ2v) is 2.88. The second-order valence-electron chi connectivity index (χ2n) is 2.88. The summed E-state index contributed by atoms with van der Waals surface area (Å²) in [4.78, 5) is 0. The van der Waals surface area contributed by atoms with Crippen LogP contribution in [-0.2, 0) is 11.3 Å². The van der Waals surface area contributed by atoms with Crippen molar-refractivity contribution in [1.82, 2.24) is 0 Å². The summed E-state index contributed by atoms with van der Waals surface area (Å²) >= 11 is 0. The minimum Gasteiger partial charge on any atom is -0.516 e. The van der Waals surface area contributed by atoms with E-state index in [9.17, 15) is 0 Å². The molecular weight excluding hydrogens is 176 g/mol. The Bertz CT molecular complexity index is 310. The highest BCUT2D eigenvalue weighted by atomic mass is 16.5. The number of ether oxygens (including phenoxy) is 1. The van der Waals surface area contributed by atoms with Gasteiger partial charge in [0.1, 0.15) is 0 Å². The lowest BCUT2D eigenvalue weighted by molar-refractivity contribution is 0.185. The Morgan fingerprint density at radius 2 is 1.93 bits per heavy atom. The SMILES string of the molecule is COCc1ccc(/C=C/C=C\O)cc1. The highest BCUT2D eigenvalue weighted by Gasteiger charge is 1.90. The molecule has 1 aromatic carbocycles. The maximum Gasteiger partial charge on any atom is 0.0791 e. The van der Waals surface area contributed by atoms with Crippen LogP contribution in [0.25, 0.3) is 6.08 Å². The van der Waals surface area contributed by atoms with Gasteiger partial charge in [-0.2, -0.15) is 0 Å². The van der Waals surface area contributed by atoms with Gasteiger partial charge in [0.2, 0.25) is 0 Å². The van der Waals surface area contributed by atoms with Crippen molar-refractivity contribution in [2.45, 2.75) is 6.61 Å². The number of aliphatic hydroxyl groups is 1. The lowest BCUT2D eigenvalue weighted by Gasteiger charge is -1.99. The monoisotopic (exact) mass is 190 g/mol. The normalized spacial score (nSPS) is 11.5. The van der Waals surface area contributed by atoms with Gasteiger partial charge >= 0.3 is 0 Å². The van der Waals surface area contributed by atoms with Gasteiger partial charge in [-0.15, -0.1) is 0 Å². The molecule has 0 aliphatic heterocycles. The number of hydrogen-bond acceptors (Lipinski definition) is 2. The van der Waals surface area contributed by atoms with Crippen LogP contribution in [0.5, 0.6) is 0 Å². The summed E-state index contributed by atoms with van der Waals surface area (Å²) in [6.07, 6.45) is 6.29. The predicted molar refractivity (Wildman–Crippen MR) is 58.0 cm³/mol. The highest BCUT2D eigenvalue weighted by molar-refractivity contribution is 5.51. The average Bonchev–Trinajstić information content (AvgIpc) is 2.21. The molecule has 0 saturated carbocycles. The van der Waals surface area contributed by atoms with Gasteiger partial charge in [-0.1, -0.05) is 36.4 Å². The fraction of sp³-hybridized carbons (Fsp3) is 0.167. The lowest BCUT2D eigenvalue weighted by atomic mass is 10.1. The summed E-state index contributed by atoms with van der Waals surface area (Å²) in [5.74, 6) is 0. The van der Waals surface area contributed by atoms with Crippen LogP contribution in [0.4, 0.5) is 0 Å². The smallest absolute Gasteiger partial charge is 0.0791 e. The molecule has 0 fully saturated rings. The molecule has 2 nitrogen and oxygen atoms in total. The molecule has 0 unspecified atom stereocenters. The van der Waals surface area contributed by atoms with Crippen LogP contribution in [0.1, 0.15) is 11.1 Å². The fourth-order valence-corrected chi connectivity index (χ4v) is 1.11. The number of benzene rings is 1. The lowest BCUT2D eigenvalue weighted by Crippen LogP contribution is -1.86. The molecule has 2 heteroatoms. The molecule has 0 atom stereocenters. The molecular formula is C12H14O2. The summed E-state index contributed by atoms with van der Waals surface area (Å²) in [7, 11) is 1.68. The zero-order valence-electron chi connectivity index (χ0n) is 8.18. The van der Waals surface area contributed by atoms with E-state index in [1.54, 1.807) is 19.3 Å². The Balaban J connectivity index is 2.63. The van der Waals surface area contributed by atoms with Crippen LogP contribution >= 0.6 is 0 Å². The molecule has 0 aliphatic rings. The molecule has 0 aliphatic carbocycles. The Morgan fingerprint density at radius 1 is 1.21 bits per heavy atom. The molecule has 0 saturated heterocycles. The zero-order chi connectivity index (χ0) is 10.2. The van der Waals surface area contributed by atoms with Crippen LogP contribution in [-0.4, -0.2) is 12.2 Å². The number of hydrogen-bond donors (Lipinski definition) is 1. The van der Waals surface area contributed by atoms with Crippen molar-refractivity contribution in [1.29, 1.82) is 0 Å². The van der Waals surface area contributed by atoms with Crippen molar-refractivity contribution in [3.63, 3.8) is 0 Å². The third-order valence-electron chi connectivity index (χ3n) is 1.78. The minimum absolute atomic E-state index is 0.639. The minimum atomic E-state index is 0.639. The average molecular weight is 190 g/mol. The third-order valence-corrected chi connectivity index (χ3v) is 1.78. The summed E-state index contributed by atoms with van der Waals surface area (Å²) in [6, 6.07) is 8.06. The quantitative estimate of drug-likeness (QED) is 0.584. The molecule has 1 rings (SSSR count). The summed E-state index contributed by atoms with van der Waals surface area (Å²) in [6.45, 7) is 0.639. The van der Waals surface area contributed by atoms with E-state index >= 15 is 0 Å². The maximum absolute atomic E-state index is 8.41. The van der Waals surface area contributed by atoms with Crippen molar-refractivity contribution in [3.05, 3.63) is 53.8 Å². The first-order valence-corrected chi connectivity index (χ1v) is 4.42. The van der Waals surface area contributed by atoms with Crippen molar-refractivity contribution >= 4 is 6.08 Å². The molecule has 74 valence electrons. The van der Waals surface area contributed by atoms with E-state index in [-0.39, 0.29) is 0 Å². The van der Waals surface area contributed by atoms with E-state index in [0.29, 0.717) is 6.61 Å². The molecule has 1 aromatic rings. The van der Waals surface area contributed by atoms with E-state index in [4.69, 9.17) is 9.84 Å². The number of rotatable bonds is 4. The van der Waals surface area contributed by atoms with Crippen LogP contribution in [0, 0.1) is 0 Å². The van der Waals surface area contributed by atoms with Crippen LogP contribution < -0.4 is 0 Å². The fourth-order valence-electron chi connectivity index (χ4n) is 1.11. The first kappa shape index (κ1) is 10.5.